The van der Waals surface area contributed by atoms with E-state index in [1.165, 1.54) is 0 Å². The average Bonchev–Trinajstić information content (AvgIpc) is 3.06. The van der Waals surface area contributed by atoms with Crippen LogP contribution >= 0.6 is 11.6 Å². The van der Waals surface area contributed by atoms with Crippen LogP contribution in [-0.4, -0.2) is 35.3 Å². The van der Waals surface area contributed by atoms with Gasteiger partial charge >= 0.3 is 0 Å². The molecule has 2 atom stereocenters. The number of hydrogen-bond acceptors (Lipinski definition) is 2. The SMILES string of the molecule is C=C(Cl)CN1C(=O)C(C2CC2)NC(=O)C1CC. The summed E-state index contributed by atoms with van der Waals surface area (Å²) >= 11 is 5.77. The van der Waals surface area contributed by atoms with E-state index in [4.69, 9.17) is 11.6 Å². The van der Waals surface area contributed by atoms with Crippen LogP contribution in [0.4, 0.5) is 0 Å². The zero-order chi connectivity index (χ0) is 12.6. The van der Waals surface area contributed by atoms with Crippen LogP contribution < -0.4 is 5.32 Å². The number of rotatable bonds is 4. The van der Waals surface area contributed by atoms with Gasteiger partial charge < -0.3 is 10.2 Å². The van der Waals surface area contributed by atoms with Crippen molar-refractivity contribution in [3.63, 3.8) is 0 Å². The van der Waals surface area contributed by atoms with Crippen LogP contribution in [0, 0.1) is 5.92 Å². The molecule has 1 N–H and O–H groups in total. The first-order chi connectivity index (χ1) is 8.04. The highest BCUT2D eigenvalue weighted by Gasteiger charge is 2.46. The minimum Gasteiger partial charge on any atom is -0.342 e. The second kappa shape index (κ2) is 4.69. The summed E-state index contributed by atoms with van der Waals surface area (Å²) in [6, 6.07) is -0.755. The lowest BCUT2D eigenvalue weighted by Gasteiger charge is -2.38. The Kier molecular flexibility index (Phi) is 3.43. The summed E-state index contributed by atoms with van der Waals surface area (Å²) in [5.74, 6) is 0.234. The molecule has 1 heterocycles. The van der Waals surface area contributed by atoms with Gasteiger partial charge in [0, 0.05) is 5.03 Å². The Morgan fingerprint density at radius 1 is 1.53 bits per heavy atom. The van der Waals surface area contributed by atoms with Crippen molar-refractivity contribution >= 4 is 23.4 Å². The first-order valence-electron chi connectivity index (χ1n) is 5.98. The van der Waals surface area contributed by atoms with E-state index in [0.717, 1.165) is 12.8 Å². The van der Waals surface area contributed by atoms with E-state index >= 15 is 0 Å². The van der Waals surface area contributed by atoms with Crippen LogP contribution in [0.1, 0.15) is 26.2 Å². The van der Waals surface area contributed by atoms with Crippen molar-refractivity contribution in [3.8, 4) is 0 Å². The molecule has 17 heavy (non-hydrogen) atoms. The van der Waals surface area contributed by atoms with Gasteiger partial charge in [-0.25, -0.2) is 0 Å². The highest BCUT2D eigenvalue weighted by molar-refractivity contribution is 6.29. The van der Waals surface area contributed by atoms with Gasteiger partial charge in [-0.05, 0) is 25.2 Å². The van der Waals surface area contributed by atoms with E-state index in [2.05, 4.69) is 11.9 Å². The topological polar surface area (TPSA) is 49.4 Å². The van der Waals surface area contributed by atoms with Crippen molar-refractivity contribution in [2.75, 3.05) is 6.54 Å². The highest BCUT2D eigenvalue weighted by atomic mass is 35.5. The molecule has 0 bridgehead atoms. The van der Waals surface area contributed by atoms with E-state index in [0.29, 0.717) is 17.4 Å². The Balaban J connectivity index is 2.18. The third-order valence-corrected chi connectivity index (χ3v) is 3.47. The molecule has 0 aromatic heterocycles. The number of nitrogens with one attached hydrogen (secondary N) is 1. The molecule has 4 nitrogen and oxygen atoms in total. The summed E-state index contributed by atoms with van der Waals surface area (Å²) in [6.45, 7) is 5.75. The second-order valence-electron chi connectivity index (χ2n) is 4.73. The number of piperazine rings is 1. The molecule has 5 heteroatoms. The summed E-state index contributed by atoms with van der Waals surface area (Å²) in [6.07, 6.45) is 2.63. The lowest BCUT2D eigenvalue weighted by atomic mass is 10.0. The monoisotopic (exact) mass is 256 g/mol. The first kappa shape index (κ1) is 12.4. The molecule has 1 saturated carbocycles. The normalized spacial score (nSPS) is 29.2. The van der Waals surface area contributed by atoms with Crippen molar-refractivity contribution in [1.82, 2.24) is 10.2 Å². The molecular weight excluding hydrogens is 240 g/mol. The molecule has 0 aromatic rings. The molecule has 0 radical (unpaired) electrons. The summed E-state index contributed by atoms with van der Waals surface area (Å²) in [5, 5.41) is 3.22. The van der Waals surface area contributed by atoms with Crippen molar-refractivity contribution < 1.29 is 9.59 Å². The largest absolute Gasteiger partial charge is 0.342 e. The Morgan fingerprint density at radius 3 is 2.65 bits per heavy atom. The predicted molar refractivity (Wildman–Crippen MR) is 65.4 cm³/mol. The maximum Gasteiger partial charge on any atom is 0.246 e. The second-order valence-corrected chi connectivity index (χ2v) is 5.27. The Labute approximate surface area is 106 Å². The van der Waals surface area contributed by atoms with Crippen LogP contribution in [0.5, 0.6) is 0 Å². The zero-order valence-corrected chi connectivity index (χ0v) is 10.7. The first-order valence-corrected chi connectivity index (χ1v) is 6.36. The molecule has 0 spiro atoms. The maximum atomic E-state index is 12.3. The number of carbonyl (C=O) groups excluding carboxylic acids is 2. The maximum absolute atomic E-state index is 12.3. The quantitative estimate of drug-likeness (QED) is 0.823. The fourth-order valence-electron chi connectivity index (χ4n) is 2.31. The molecule has 2 aliphatic rings. The summed E-state index contributed by atoms with van der Waals surface area (Å²) in [5.41, 5.74) is 0. The molecule has 0 aromatic carbocycles. The van der Waals surface area contributed by atoms with Gasteiger partial charge in [-0.1, -0.05) is 25.1 Å². The lowest BCUT2D eigenvalue weighted by Crippen LogP contribution is -2.63. The highest BCUT2D eigenvalue weighted by Crippen LogP contribution is 2.35. The number of hydrogen-bond donors (Lipinski definition) is 1. The van der Waals surface area contributed by atoms with Gasteiger partial charge in [-0.2, -0.15) is 0 Å². The minimum atomic E-state index is -0.409. The van der Waals surface area contributed by atoms with Crippen molar-refractivity contribution in [1.29, 1.82) is 0 Å². The van der Waals surface area contributed by atoms with Gasteiger partial charge in [0.25, 0.3) is 0 Å². The zero-order valence-electron chi connectivity index (χ0n) is 9.91. The predicted octanol–water partition coefficient (Wildman–Crippen LogP) is 1.25. The number of nitrogens with zero attached hydrogens (tertiary/aromatic N) is 1. The molecule has 2 unspecified atom stereocenters. The molecule has 2 rings (SSSR count). The van der Waals surface area contributed by atoms with Crippen LogP contribution in [0.25, 0.3) is 0 Å². The number of carbonyl (C=O) groups is 2. The summed E-state index contributed by atoms with van der Waals surface area (Å²) < 4.78 is 0. The van der Waals surface area contributed by atoms with E-state index in [9.17, 15) is 9.59 Å². The Hall–Kier alpha value is -1.03. The third kappa shape index (κ3) is 2.46. The smallest absolute Gasteiger partial charge is 0.246 e. The molecule has 2 amide bonds. The standard InChI is InChI=1S/C12H17ClN2O2/c1-3-9-11(16)14-10(8-4-5-8)12(17)15(9)6-7(2)13/h8-10H,2-6H2,1H3,(H,14,16). The Morgan fingerprint density at radius 2 is 2.18 bits per heavy atom. The van der Waals surface area contributed by atoms with Crippen LogP contribution in [-0.2, 0) is 9.59 Å². The van der Waals surface area contributed by atoms with Gasteiger partial charge in [-0.3, -0.25) is 9.59 Å². The molecular formula is C12H17ClN2O2. The lowest BCUT2D eigenvalue weighted by molar-refractivity contribution is -0.149. The van der Waals surface area contributed by atoms with E-state index in [1.807, 2.05) is 6.92 Å². The van der Waals surface area contributed by atoms with Gasteiger partial charge in [0.05, 0.1) is 6.54 Å². The summed E-state index contributed by atoms with van der Waals surface area (Å²) in [7, 11) is 0. The third-order valence-electron chi connectivity index (χ3n) is 3.35. The van der Waals surface area contributed by atoms with Crippen LogP contribution in [0.3, 0.4) is 0 Å². The number of halogens is 1. The average molecular weight is 257 g/mol. The summed E-state index contributed by atoms with van der Waals surface area (Å²) in [4.78, 5) is 25.8. The van der Waals surface area contributed by atoms with Gasteiger partial charge in [0.2, 0.25) is 11.8 Å². The van der Waals surface area contributed by atoms with Gasteiger partial charge in [0.1, 0.15) is 12.1 Å². The fourth-order valence-corrected chi connectivity index (χ4v) is 2.44. The number of amides is 2. The van der Waals surface area contributed by atoms with Crippen molar-refractivity contribution in [2.45, 2.75) is 38.3 Å². The molecule has 1 aliphatic heterocycles. The van der Waals surface area contributed by atoms with E-state index in [1.54, 1.807) is 4.90 Å². The van der Waals surface area contributed by atoms with E-state index in [-0.39, 0.29) is 24.4 Å². The van der Waals surface area contributed by atoms with Crippen LogP contribution in [0.15, 0.2) is 11.6 Å². The Bertz CT molecular complexity index is 366. The van der Waals surface area contributed by atoms with Gasteiger partial charge in [-0.15, -0.1) is 0 Å². The fraction of sp³-hybridized carbons (Fsp3) is 0.667. The van der Waals surface area contributed by atoms with Crippen molar-refractivity contribution in [3.05, 3.63) is 11.6 Å². The molecule has 1 saturated heterocycles. The van der Waals surface area contributed by atoms with Gasteiger partial charge in [0.15, 0.2) is 0 Å². The minimum absolute atomic E-state index is 0.0132. The molecule has 2 fully saturated rings. The van der Waals surface area contributed by atoms with Crippen molar-refractivity contribution in [2.24, 2.45) is 5.92 Å². The molecule has 94 valence electrons. The van der Waals surface area contributed by atoms with E-state index < -0.39 is 6.04 Å². The van der Waals surface area contributed by atoms with Crippen LogP contribution in [0.2, 0.25) is 0 Å². The molecule has 1 aliphatic carbocycles.